The van der Waals surface area contributed by atoms with Crippen molar-refractivity contribution in [1.82, 2.24) is 0 Å². The van der Waals surface area contributed by atoms with Crippen LogP contribution in [0.3, 0.4) is 0 Å². The summed E-state index contributed by atoms with van der Waals surface area (Å²) in [4.78, 5) is 3.95. The highest BCUT2D eigenvalue weighted by Gasteiger charge is 2.32. The Hall–Kier alpha value is -7.72. The van der Waals surface area contributed by atoms with Gasteiger partial charge in [-0.15, -0.1) is 0 Å². The molecule has 0 radical (unpaired) electrons. The number of anilines is 6. The topological polar surface area (TPSA) is 32.8 Å². The lowest BCUT2D eigenvalue weighted by Crippen LogP contribution is -2.12. The molecule has 0 aliphatic rings. The predicted molar refractivity (Wildman–Crippen MR) is 264 cm³/mol. The van der Waals surface area contributed by atoms with E-state index in [-0.39, 0.29) is 0 Å². The molecule has 0 bridgehead atoms. The molecule has 0 spiro atoms. The molecule has 0 N–H and O–H groups in total. The van der Waals surface area contributed by atoms with Crippen LogP contribution in [-0.4, -0.2) is 0 Å². The molecule has 0 fully saturated rings. The number of hydrogen-bond acceptors (Lipinski definition) is 4. The number of aryl methyl sites for hydroxylation is 4. The summed E-state index contributed by atoms with van der Waals surface area (Å²) in [6.07, 6.45) is -8.92. The van der Waals surface area contributed by atoms with Gasteiger partial charge in [0.15, 0.2) is 0 Å². The average molecular weight is 913 g/mol. The third-order valence-electron chi connectivity index (χ3n) is 13.7. The van der Waals surface area contributed by atoms with Gasteiger partial charge < -0.3 is 18.6 Å². The van der Waals surface area contributed by atoms with Crippen molar-refractivity contribution >= 4 is 99.5 Å². The maximum Gasteiger partial charge on any atom is 0.416 e. The van der Waals surface area contributed by atoms with E-state index in [9.17, 15) is 26.3 Å². The molecule has 0 saturated heterocycles. The lowest BCUT2D eigenvalue weighted by Gasteiger charge is -2.27. The molecule has 0 saturated carbocycles. The van der Waals surface area contributed by atoms with Crippen LogP contribution in [0.4, 0.5) is 60.5 Å². The first-order valence-electron chi connectivity index (χ1n) is 22.2. The number of furan rings is 2. The zero-order chi connectivity index (χ0) is 47.6. The molecule has 0 aliphatic heterocycles. The van der Waals surface area contributed by atoms with Crippen LogP contribution in [0.25, 0.3) is 65.4 Å². The number of alkyl halides is 6. The highest BCUT2D eigenvalue weighted by Crippen LogP contribution is 2.45. The summed E-state index contributed by atoms with van der Waals surface area (Å²) >= 11 is 0. The van der Waals surface area contributed by atoms with Gasteiger partial charge in [0.2, 0.25) is 0 Å². The fourth-order valence-corrected chi connectivity index (χ4v) is 9.61. The van der Waals surface area contributed by atoms with Gasteiger partial charge in [0.25, 0.3) is 0 Å². The molecular formula is C58H42F6N2O2. The number of nitrogens with zero attached hydrogens (tertiary/aromatic N) is 2. The zero-order valence-corrected chi connectivity index (χ0v) is 37.8. The number of halogens is 6. The summed E-state index contributed by atoms with van der Waals surface area (Å²) in [5.74, 6) is 0. The number of fused-ring (bicyclic) bond motifs is 9. The van der Waals surface area contributed by atoms with Crippen LogP contribution in [0.1, 0.15) is 44.5 Å². The van der Waals surface area contributed by atoms with Crippen molar-refractivity contribution in [2.45, 2.75) is 53.9 Å². The Labute approximate surface area is 387 Å². The van der Waals surface area contributed by atoms with Gasteiger partial charge in [-0.2, -0.15) is 26.3 Å². The molecule has 10 heteroatoms. The largest absolute Gasteiger partial charge is 0.456 e. The van der Waals surface area contributed by atoms with E-state index in [0.717, 1.165) is 123 Å². The van der Waals surface area contributed by atoms with Crippen LogP contribution < -0.4 is 9.80 Å². The monoisotopic (exact) mass is 912 g/mol. The minimum Gasteiger partial charge on any atom is -0.456 e. The molecule has 0 atom stereocenters. The highest BCUT2D eigenvalue weighted by molar-refractivity contribution is 6.24. The van der Waals surface area contributed by atoms with Crippen LogP contribution in [0.15, 0.2) is 154 Å². The molecule has 9 aromatic carbocycles. The van der Waals surface area contributed by atoms with Crippen molar-refractivity contribution < 1.29 is 35.2 Å². The van der Waals surface area contributed by atoms with E-state index in [1.165, 1.54) is 24.3 Å². The molecule has 2 heterocycles. The van der Waals surface area contributed by atoms with Crippen molar-refractivity contribution in [3.8, 4) is 0 Å². The van der Waals surface area contributed by atoms with Gasteiger partial charge in [-0.3, -0.25) is 0 Å². The van der Waals surface area contributed by atoms with Crippen molar-refractivity contribution in [2.24, 2.45) is 0 Å². The molecule has 2 aromatic heterocycles. The Morgan fingerprint density at radius 3 is 1.19 bits per heavy atom. The first-order chi connectivity index (χ1) is 32.4. The number of hydrogen-bond donors (Lipinski definition) is 0. The number of rotatable bonds is 6. The summed E-state index contributed by atoms with van der Waals surface area (Å²) < 4.78 is 95.1. The minimum atomic E-state index is -4.46. The normalized spacial score (nSPS) is 12.4. The Morgan fingerprint density at radius 1 is 0.338 bits per heavy atom. The average Bonchev–Trinajstić information content (AvgIpc) is 3.85. The highest BCUT2D eigenvalue weighted by atomic mass is 19.4. The maximum atomic E-state index is 13.6. The van der Waals surface area contributed by atoms with Crippen molar-refractivity contribution in [3.63, 3.8) is 0 Å². The van der Waals surface area contributed by atoms with Gasteiger partial charge in [-0.05, 0) is 230 Å². The SMILES string of the molecule is Cc1cc(N(c2ccc(C(F)(F)F)cc2)c2ccc3cc4c(cc3c2)oc2c4ccc3oc4cc5cc(N(c6ccc(C(F)(F)F)cc6)c6cc(C)c(C)c(C)c6)ccc5cc4c32)cc(C)c1C. The second-order valence-corrected chi connectivity index (χ2v) is 17.9. The first-order valence-corrected chi connectivity index (χ1v) is 22.2. The van der Waals surface area contributed by atoms with E-state index in [1.54, 1.807) is 0 Å². The summed E-state index contributed by atoms with van der Waals surface area (Å²) in [6, 6.07) is 42.9. The van der Waals surface area contributed by atoms with E-state index in [4.69, 9.17) is 8.83 Å². The fourth-order valence-electron chi connectivity index (χ4n) is 9.61. The summed E-state index contributed by atoms with van der Waals surface area (Å²) in [5, 5.41) is 7.24. The smallest absolute Gasteiger partial charge is 0.416 e. The Morgan fingerprint density at radius 2 is 0.750 bits per heavy atom. The molecule has 11 rings (SSSR count). The summed E-state index contributed by atoms with van der Waals surface area (Å²) in [6.45, 7) is 12.2. The maximum absolute atomic E-state index is 13.6. The Balaban J connectivity index is 1.02. The van der Waals surface area contributed by atoms with Gasteiger partial charge >= 0.3 is 12.4 Å². The summed E-state index contributed by atoms with van der Waals surface area (Å²) in [7, 11) is 0. The minimum absolute atomic E-state index is 0.592. The van der Waals surface area contributed by atoms with E-state index in [2.05, 4.69) is 50.2 Å². The van der Waals surface area contributed by atoms with Crippen LogP contribution in [-0.2, 0) is 12.4 Å². The predicted octanol–water partition coefficient (Wildman–Crippen LogP) is 18.6. The second kappa shape index (κ2) is 15.4. The standard InChI is InChI=1S/C58H42F6N2O2/c1-31-21-47(22-32(2)35(31)5)65(43-15-9-41(10-16-43)57(59,60)61)45-13-7-37-27-50-49-19-20-52-55(56(49)68-53(50)29-39(37)25-45)51-28-38-8-14-46(26-40(38)30-54(51)67-52)66(48-23-33(3)36(6)34(4)24-48)44-17-11-42(12-18-44)58(62,63)64/h7-30H,1-6H3. The van der Waals surface area contributed by atoms with Gasteiger partial charge in [0.05, 0.1) is 16.5 Å². The van der Waals surface area contributed by atoms with Gasteiger partial charge in [0.1, 0.15) is 22.3 Å². The van der Waals surface area contributed by atoms with Crippen LogP contribution in [0, 0.1) is 41.5 Å². The molecule has 0 aliphatic carbocycles. The van der Waals surface area contributed by atoms with Crippen molar-refractivity contribution in [3.05, 3.63) is 190 Å². The van der Waals surface area contributed by atoms with Gasteiger partial charge in [-0.1, -0.05) is 12.1 Å². The van der Waals surface area contributed by atoms with Crippen molar-refractivity contribution in [2.75, 3.05) is 9.80 Å². The fraction of sp³-hybridized carbons (Fsp3) is 0.138. The van der Waals surface area contributed by atoms with Crippen molar-refractivity contribution in [1.29, 1.82) is 0 Å². The lowest BCUT2D eigenvalue weighted by molar-refractivity contribution is -0.138. The lowest BCUT2D eigenvalue weighted by atomic mass is 10.0. The molecular weight excluding hydrogens is 871 g/mol. The van der Waals surface area contributed by atoms with E-state index < -0.39 is 23.5 Å². The van der Waals surface area contributed by atoms with Gasteiger partial charge in [0, 0.05) is 50.3 Å². The Bertz CT molecular complexity index is 3800. The van der Waals surface area contributed by atoms with Gasteiger partial charge in [-0.25, -0.2) is 0 Å². The van der Waals surface area contributed by atoms with Crippen LogP contribution >= 0.6 is 0 Å². The van der Waals surface area contributed by atoms with E-state index in [0.29, 0.717) is 33.7 Å². The molecule has 4 nitrogen and oxygen atoms in total. The quantitative estimate of drug-likeness (QED) is 0.156. The first kappa shape index (κ1) is 42.9. The molecule has 0 amide bonds. The Kier molecular flexibility index (Phi) is 9.72. The van der Waals surface area contributed by atoms with Crippen LogP contribution in [0.2, 0.25) is 0 Å². The van der Waals surface area contributed by atoms with Crippen LogP contribution in [0.5, 0.6) is 0 Å². The van der Waals surface area contributed by atoms with E-state index in [1.807, 2.05) is 98.2 Å². The summed E-state index contributed by atoms with van der Waals surface area (Å²) in [5.41, 5.74) is 12.2. The number of benzene rings is 9. The third kappa shape index (κ3) is 7.17. The second-order valence-electron chi connectivity index (χ2n) is 17.9. The molecule has 68 heavy (non-hydrogen) atoms. The third-order valence-corrected chi connectivity index (χ3v) is 13.7. The van der Waals surface area contributed by atoms with E-state index >= 15 is 0 Å². The zero-order valence-electron chi connectivity index (χ0n) is 37.8. The molecule has 11 aromatic rings. The molecule has 0 unspecified atom stereocenters. The molecule has 338 valence electrons.